The molecule has 64 valence electrons. The fourth-order valence-electron chi connectivity index (χ4n) is 0.201. The van der Waals surface area contributed by atoms with Gasteiger partial charge in [-0.15, -0.1) is 0 Å². The van der Waals surface area contributed by atoms with Crippen LogP contribution in [0.1, 0.15) is 6.92 Å². The normalized spacial score (nSPS) is 7.00. The average Bonchev–Trinajstić information content (AvgIpc) is 1.87. The molecule has 1 amide bonds. The summed E-state index contributed by atoms with van der Waals surface area (Å²) in [6, 6.07) is 0. The molecule has 0 fully saturated rings. The topological polar surface area (TPSA) is 89.6 Å². The minimum Gasteiger partial charge on any atom is -0.465 e. The van der Waals surface area contributed by atoms with Crippen LogP contribution in [0.4, 0.5) is 4.79 Å². The number of primary amides is 1. The van der Waals surface area contributed by atoms with Crippen molar-refractivity contribution in [2.24, 2.45) is 5.73 Å². The number of nitrogens with two attached hydrogens (primary N) is 1. The Kier molecular flexibility index (Phi) is 9.39. The molecule has 0 saturated carbocycles. The van der Waals surface area contributed by atoms with E-state index in [0.29, 0.717) is 6.61 Å². The van der Waals surface area contributed by atoms with Crippen LogP contribution in [0.2, 0.25) is 0 Å². The summed E-state index contributed by atoms with van der Waals surface area (Å²) < 4.78 is 4.43. The Bertz CT molecular complexity index is 140. The van der Waals surface area contributed by atoms with Crippen LogP contribution in [0.25, 0.3) is 0 Å². The van der Waals surface area contributed by atoms with Gasteiger partial charge < -0.3 is 15.6 Å². The Morgan fingerprint density at radius 1 is 1.73 bits per heavy atom. The van der Waals surface area contributed by atoms with E-state index in [4.69, 9.17) is 9.90 Å². The van der Waals surface area contributed by atoms with Gasteiger partial charge in [0.15, 0.2) is 0 Å². The van der Waals surface area contributed by atoms with Crippen molar-refractivity contribution in [3.8, 4) is 0 Å². The first kappa shape index (κ1) is 12.2. The van der Waals surface area contributed by atoms with E-state index in [-0.39, 0.29) is 5.97 Å². The Balaban J connectivity index is 0. The first-order valence-electron chi connectivity index (χ1n) is 2.82. The summed E-state index contributed by atoms with van der Waals surface area (Å²) in [7, 11) is 0. The van der Waals surface area contributed by atoms with Crippen molar-refractivity contribution in [3.05, 3.63) is 12.7 Å². The molecule has 0 rings (SSSR count). The van der Waals surface area contributed by atoms with Gasteiger partial charge in [0.25, 0.3) is 0 Å². The van der Waals surface area contributed by atoms with Crippen LogP contribution in [0.3, 0.4) is 0 Å². The molecule has 0 aromatic rings. The van der Waals surface area contributed by atoms with E-state index in [1.807, 2.05) is 0 Å². The fourth-order valence-corrected chi connectivity index (χ4v) is 0.201. The van der Waals surface area contributed by atoms with Gasteiger partial charge in [-0.25, -0.2) is 9.59 Å². The van der Waals surface area contributed by atoms with E-state index in [2.05, 4.69) is 17.0 Å². The minimum absolute atomic E-state index is 0.359. The van der Waals surface area contributed by atoms with E-state index in [9.17, 15) is 4.79 Å². The van der Waals surface area contributed by atoms with Crippen LogP contribution in [0, 0.1) is 0 Å². The number of carbonyl (C=O) groups excluding carboxylic acids is 1. The second kappa shape index (κ2) is 8.48. The molecule has 0 aliphatic carbocycles. The number of rotatable bonds is 2. The van der Waals surface area contributed by atoms with E-state index in [1.165, 1.54) is 0 Å². The van der Waals surface area contributed by atoms with Crippen molar-refractivity contribution in [1.29, 1.82) is 0 Å². The average molecular weight is 161 g/mol. The summed E-state index contributed by atoms with van der Waals surface area (Å²) in [6.07, 6.45) is -0.191. The number of amides is 1. The summed E-state index contributed by atoms with van der Waals surface area (Å²) >= 11 is 0. The highest BCUT2D eigenvalue weighted by Gasteiger charge is 1.86. The maximum Gasteiger partial charge on any atom is 0.402 e. The lowest BCUT2D eigenvalue weighted by molar-refractivity contribution is -0.137. The Morgan fingerprint density at radius 2 is 2.09 bits per heavy atom. The molecular formula is C6H11NO4. The lowest BCUT2D eigenvalue weighted by atomic mass is 10.6. The Hall–Kier alpha value is -1.52. The first-order chi connectivity index (χ1) is 5.04. The summed E-state index contributed by atoms with van der Waals surface area (Å²) in [4.78, 5) is 18.8. The van der Waals surface area contributed by atoms with Gasteiger partial charge in [0, 0.05) is 6.08 Å². The van der Waals surface area contributed by atoms with Crippen LogP contribution in [0.15, 0.2) is 12.7 Å². The molecule has 5 heteroatoms. The van der Waals surface area contributed by atoms with Crippen LogP contribution >= 0.6 is 0 Å². The third-order valence-corrected chi connectivity index (χ3v) is 0.453. The van der Waals surface area contributed by atoms with E-state index >= 15 is 0 Å². The summed E-state index contributed by atoms with van der Waals surface area (Å²) in [6.45, 7) is 5.38. The van der Waals surface area contributed by atoms with Crippen LogP contribution in [-0.2, 0) is 9.53 Å². The maximum absolute atomic E-state index is 10.1. The van der Waals surface area contributed by atoms with Crippen molar-refractivity contribution in [2.45, 2.75) is 6.92 Å². The van der Waals surface area contributed by atoms with Crippen LogP contribution in [0.5, 0.6) is 0 Å². The van der Waals surface area contributed by atoms with E-state index in [1.54, 1.807) is 6.92 Å². The third-order valence-electron chi connectivity index (χ3n) is 0.453. The molecule has 0 atom stereocenters. The third kappa shape index (κ3) is 29.4. The minimum atomic E-state index is -1.33. The van der Waals surface area contributed by atoms with Gasteiger partial charge in [0.2, 0.25) is 0 Å². The van der Waals surface area contributed by atoms with Gasteiger partial charge in [-0.2, -0.15) is 0 Å². The molecular weight excluding hydrogens is 150 g/mol. The van der Waals surface area contributed by atoms with Crippen LogP contribution in [-0.4, -0.2) is 23.8 Å². The molecule has 0 aliphatic rings. The highest BCUT2D eigenvalue weighted by Crippen LogP contribution is 1.74. The van der Waals surface area contributed by atoms with Crippen molar-refractivity contribution in [3.63, 3.8) is 0 Å². The molecule has 5 nitrogen and oxygen atoms in total. The standard InChI is InChI=1S/C5H8O2.CH3NO2/c1-3-5(6)7-4-2;2-1(3)4/h3H,1,4H2,2H3;2H2,(H,3,4). The van der Waals surface area contributed by atoms with Crippen molar-refractivity contribution >= 4 is 12.1 Å². The second-order valence-electron chi connectivity index (χ2n) is 1.29. The number of hydrogen-bond acceptors (Lipinski definition) is 3. The van der Waals surface area contributed by atoms with Gasteiger partial charge in [-0.3, -0.25) is 0 Å². The highest BCUT2D eigenvalue weighted by molar-refractivity contribution is 5.81. The summed E-state index contributed by atoms with van der Waals surface area (Å²) in [5, 5.41) is 7.19. The zero-order valence-corrected chi connectivity index (χ0v) is 6.24. The number of esters is 1. The van der Waals surface area contributed by atoms with E-state index in [0.717, 1.165) is 6.08 Å². The molecule has 3 N–H and O–H groups in total. The quantitative estimate of drug-likeness (QED) is 0.452. The van der Waals surface area contributed by atoms with Crippen molar-refractivity contribution in [2.75, 3.05) is 6.61 Å². The van der Waals surface area contributed by atoms with Gasteiger partial charge in [0.1, 0.15) is 0 Å². The number of carbonyl (C=O) groups is 2. The molecule has 0 unspecified atom stereocenters. The Labute approximate surface area is 64.5 Å². The lowest BCUT2D eigenvalue weighted by Gasteiger charge is -1.90. The zero-order valence-electron chi connectivity index (χ0n) is 6.24. The number of carboxylic acid groups (broad SMARTS) is 1. The molecule has 11 heavy (non-hydrogen) atoms. The highest BCUT2D eigenvalue weighted by atomic mass is 16.5. The molecule has 0 spiro atoms. The predicted molar refractivity (Wildman–Crippen MR) is 39.0 cm³/mol. The van der Waals surface area contributed by atoms with Crippen molar-refractivity contribution in [1.82, 2.24) is 0 Å². The molecule has 0 saturated heterocycles. The monoisotopic (exact) mass is 161 g/mol. The fraction of sp³-hybridized carbons (Fsp3) is 0.333. The van der Waals surface area contributed by atoms with Gasteiger partial charge in [-0.05, 0) is 6.92 Å². The molecule has 0 aliphatic heterocycles. The smallest absolute Gasteiger partial charge is 0.402 e. The molecule has 0 bridgehead atoms. The second-order valence-corrected chi connectivity index (χ2v) is 1.29. The molecule has 0 aromatic heterocycles. The van der Waals surface area contributed by atoms with E-state index < -0.39 is 6.09 Å². The van der Waals surface area contributed by atoms with Gasteiger partial charge in [0.05, 0.1) is 6.61 Å². The maximum atomic E-state index is 10.1. The van der Waals surface area contributed by atoms with Crippen molar-refractivity contribution < 1.29 is 19.4 Å². The lowest BCUT2D eigenvalue weighted by Crippen LogP contribution is -2.03. The number of hydrogen-bond donors (Lipinski definition) is 2. The van der Waals surface area contributed by atoms with Crippen LogP contribution < -0.4 is 5.73 Å². The molecule has 0 radical (unpaired) electrons. The predicted octanol–water partition coefficient (Wildman–Crippen LogP) is 0.359. The summed E-state index contributed by atoms with van der Waals surface area (Å²) in [5.41, 5.74) is 4.03. The Morgan fingerprint density at radius 3 is 2.18 bits per heavy atom. The number of ether oxygens (including phenoxy) is 1. The first-order valence-corrected chi connectivity index (χ1v) is 2.82. The SMILES string of the molecule is C=CC(=O)OCC.NC(=O)O. The molecule has 0 aromatic carbocycles. The largest absolute Gasteiger partial charge is 0.465 e. The zero-order chi connectivity index (χ0) is 9.28. The summed E-state index contributed by atoms with van der Waals surface area (Å²) in [5.74, 6) is -0.359. The van der Waals surface area contributed by atoms with Gasteiger partial charge in [-0.1, -0.05) is 6.58 Å². The molecule has 0 heterocycles. The van der Waals surface area contributed by atoms with Gasteiger partial charge >= 0.3 is 12.1 Å².